The number of nitrogens with one attached hydrogen (secondary N) is 4. The number of hydrogen-bond acceptors (Lipinski definition) is 9. The standard InChI is InChI=1S/C39H50N6O8S/c1-6-17-40-38(49)42-34(23(3)4)36(47)45-22-27(19-32(45)35(46)43-39(21-25(39)7-2)37(48)44-54(50,51)28-14-15-28)53-33-20-30(24-11-9-8-10-12-24)41-31-18-26(52-5)13-16-29(31)33/h8-13,16,18,20,23,25,27-28,32,34H,6-7,14-15,17,19,21-22H2,1-5H3,(H,43,46)(H,44,48)(H2,40,42,49)/t25?,27-,32+,34+,39?/m1/s1. The van der Waals surface area contributed by atoms with E-state index in [2.05, 4.69) is 20.7 Å². The third-order valence-electron chi connectivity index (χ3n) is 10.5. The summed E-state index contributed by atoms with van der Waals surface area (Å²) in [6, 6.07) is 14.3. The third kappa shape index (κ3) is 8.25. The molecule has 3 aromatic rings. The summed E-state index contributed by atoms with van der Waals surface area (Å²) in [7, 11) is -2.29. The van der Waals surface area contributed by atoms with Gasteiger partial charge in [-0.3, -0.25) is 19.1 Å². The molecule has 5 atom stereocenters. The Morgan fingerprint density at radius 1 is 1.04 bits per heavy atom. The molecule has 0 radical (unpaired) electrons. The maximum atomic E-state index is 14.4. The molecule has 3 fully saturated rings. The maximum absolute atomic E-state index is 14.4. The van der Waals surface area contributed by atoms with Crippen molar-refractivity contribution in [2.24, 2.45) is 11.8 Å². The van der Waals surface area contributed by atoms with Crippen molar-refractivity contribution in [2.45, 2.75) is 95.2 Å². The largest absolute Gasteiger partial charge is 0.497 e. The Labute approximate surface area is 316 Å². The Morgan fingerprint density at radius 3 is 2.41 bits per heavy atom. The number of aromatic nitrogens is 1. The van der Waals surface area contributed by atoms with Crippen molar-refractivity contribution >= 4 is 44.7 Å². The number of ether oxygens (including phenoxy) is 2. The quantitative estimate of drug-likeness (QED) is 0.178. The highest BCUT2D eigenvalue weighted by Crippen LogP contribution is 2.47. The molecule has 2 heterocycles. The number of carbonyl (C=O) groups excluding carboxylic acids is 4. The summed E-state index contributed by atoms with van der Waals surface area (Å²) in [6.07, 6.45) is 1.86. The Bertz CT molecular complexity index is 2010. The van der Waals surface area contributed by atoms with Gasteiger partial charge < -0.3 is 30.3 Å². The van der Waals surface area contributed by atoms with E-state index < -0.39 is 62.8 Å². The van der Waals surface area contributed by atoms with Crippen LogP contribution in [0, 0.1) is 11.8 Å². The van der Waals surface area contributed by atoms with E-state index in [1.54, 1.807) is 27.0 Å². The molecule has 2 aliphatic carbocycles. The third-order valence-corrected chi connectivity index (χ3v) is 12.3. The van der Waals surface area contributed by atoms with Crippen LogP contribution in [-0.2, 0) is 24.4 Å². The van der Waals surface area contributed by atoms with Crippen molar-refractivity contribution in [3.05, 3.63) is 54.6 Å². The van der Waals surface area contributed by atoms with Gasteiger partial charge in [0.15, 0.2) is 0 Å². The van der Waals surface area contributed by atoms with Gasteiger partial charge in [-0.1, -0.05) is 64.4 Å². The van der Waals surface area contributed by atoms with Gasteiger partial charge in [0.05, 0.1) is 30.1 Å². The topological polar surface area (TPSA) is 185 Å². The maximum Gasteiger partial charge on any atom is 0.315 e. The molecule has 1 aliphatic heterocycles. The number of fused-ring (bicyclic) bond motifs is 1. The molecule has 1 aromatic heterocycles. The number of sulfonamides is 1. The van der Waals surface area contributed by atoms with Crippen molar-refractivity contribution in [1.82, 2.24) is 30.6 Å². The number of urea groups is 1. The molecular formula is C39H50N6O8S. The van der Waals surface area contributed by atoms with E-state index in [9.17, 15) is 27.6 Å². The lowest BCUT2D eigenvalue weighted by Crippen LogP contribution is -2.59. The molecule has 0 spiro atoms. The summed E-state index contributed by atoms with van der Waals surface area (Å²) < 4.78 is 39.9. The lowest BCUT2D eigenvalue weighted by molar-refractivity contribution is -0.141. The second kappa shape index (κ2) is 15.8. The summed E-state index contributed by atoms with van der Waals surface area (Å²) >= 11 is 0. The zero-order valence-electron chi connectivity index (χ0n) is 31.4. The fourth-order valence-corrected chi connectivity index (χ4v) is 8.49. The van der Waals surface area contributed by atoms with Crippen LogP contribution in [0.25, 0.3) is 22.2 Å². The zero-order valence-corrected chi connectivity index (χ0v) is 32.2. The van der Waals surface area contributed by atoms with E-state index in [0.29, 0.717) is 60.3 Å². The molecule has 15 heteroatoms. The van der Waals surface area contributed by atoms with Crippen LogP contribution in [0.3, 0.4) is 0 Å². The highest BCUT2D eigenvalue weighted by molar-refractivity contribution is 7.91. The van der Waals surface area contributed by atoms with Crippen LogP contribution in [0.5, 0.6) is 11.5 Å². The van der Waals surface area contributed by atoms with E-state index >= 15 is 0 Å². The first-order valence-corrected chi connectivity index (χ1v) is 20.3. The van der Waals surface area contributed by atoms with Gasteiger partial charge in [0.2, 0.25) is 21.8 Å². The smallest absolute Gasteiger partial charge is 0.315 e. The van der Waals surface area contributed by atoms with Gasteiger partial charge in [-0.15, -0.1) is 0 Å². The van der Waals surface area contributed by atoms with E-state index in [1.165, 1.54) is 4.90 Å². The highest BCUT2D eigenvalue weighted by atomic mass is 32.2. The fourth-order valence-electron chi connectivity index (χ4n) is 7.13. The predicted octanol–water partition coefficient (Wildman–Crippen LogP) is 3.89. The first-order chi connectivity index (χ1) is 25.8. The van der Waals surface area contributed by atoms with Crippen LogP contribution in [0.15, 0.2) is 54.6 Å². The molecule has 1 saturated heterocycles. The van der Waals surface area contributed by atoms with Crippen LogP contribution in [0.1, 0.15) is 66.2 Å². The van der Waals surface area contributed by atoms with Crippen molar-refractivity contribution < 1.29 is 37.1 Å². The van der Waals surface area contributed by atoms with E-state index in [0.717, 1.165) is 5.56 Å². The summed E-state index contributed by atoms with van der Waals surface area (Å²) in [6.45, 7) is 7.83. The number of likely N-dealkylation sites (tertiary alicyclic amines) is 1. The Balaban J connectivity index is 1.32. The van der Waals surface area contributed by atoms with Crippen molar-refractivity contribution in [3.63, 3.8) is 0 Å². The summed E-state index contributed by atoms with van der Waals surface area (Å²) in [4.78, 5) is 61.4. The molecule has 2 saturated carbocycles. The number of carbonyl (C=O) groups is 4. The average molecular weight is 763 g/mol. The lowest BCUT2D eigenvalue weighted by atomic mass is 10.0. The van der Waals surface area contributed by atoms with Gasteiger partial charge in [-0.2, -0.15) is 0 Å². The van der Waals surface area contributed by atoms with Crippen molar-refractivity contribution in [2.75, 3.05) is 20.2 Å². The van der Waals surface area contributed by atoms with Gasteiger partial charge in [0.1, 0.15) is 35.2 Å². The molecule has 14 nitrogen and oxygen atoms in total. The first kappa shape index (κ1) is 38.8. The monoisotopic (exact) mass is 762 g/mol. The van der Waals surface area contributed by atoms with Gasteiger partial charge in [0, 0.05) is 36.0 Å². The van der Waals surface area contributed by atoms with Crippen LogP contribution in [-0.4, -0.2) is 91.2 Å². The second-order valence-electron chi connectivity index (χ2n) is 14.8. The van der Waals surface area contributed by atoms with Crippen LogP contribution in [0.4, 0.5) is 4.79 Å². The molecule has 6 rings (SSSR count). The summed E-state index contributed by atoms with van der Waals surface area (Å²) in [5, 5.41) is 8.50. The van der Waals surface area contributed by atoms with E-state index in [4.69, 9.17) is 14.5 Å². The number of hydrogen-bond donors (Lipinski definition) is 4. The molecular weight excluding hydrogens is 713 g/mol. The Morgan fingerprint density at radius 2 is 1.78 bits per heavy atom. The number of methoxy groups -OCH3 is 1. The molecule has 2 unspecified atom stereocenters. The number of nitrogens with zero attached hydrogens (tertiary/aromatic N) is 2. The number of amides is 5. The normalized spacial score (nSPS) is 22.7. The lowest BCUT2D eigenvalue weighted by Gasteiger charge is -2.31. The number of benzene rings is 2. The molecule has 5 amide bonds. The number of rotatable bonds is 15. The molecule has 54 heavy (non-hydrogen) atoms. The SMILES string of the molecule is CCCNC(=O)N[C@H](C(=O)N1C[C@H](Oc2cc(-c3ccccc3)nc3cc(OC)ccc23)C[C@H]1C(=O)NC1(C(=O)NS(=O)(=O)C2CC2)CC1CC)C(C)C. The summed E-state index contributed by atoms with van der Waals surface area (Å²) in [5.41, 5.74) is 0.716. The van der Waals surface area contributed by atoms with Crippen LogP contribution in [0.2, 0.25) is 0 Å². The second-order valence-corrected chi connectivity index (χ2v) is 16.8. The van der Waals surface area contributed by atoms with Gasteiger partial charge in [0.25, 0.3) is 5.91 Å². The predicted molar refractivity (Wildman–Crippen MR) is 203 cm³/mol. The summed E-state index contributed by atoms with van der Waals surface area (Å²) in [5.74, 6) is -1.35. The fraction of sp³-hybridized carbons (Fsp3) is 0.513. The van der Waals surface area contributed by atoms with Gasteiger partial charge in [-0.25, -0.2) is 18.2 Å². The van der Waals surface area contributed by atoms with Crippen LogP contribution < -0.4 is 30.1 Å². The van der Waals surface area contributed by atoms with E-state index in [-0.39, 0.29) is 31.2 Å². The van der Waals surface area contributed by atoms with Gasteiger partial charge in [-0.05, 0) is 49.7 Å². The minimum Gasteiger partial charge on any atom is -0.497 e. The molecule has 290 valence electrons. The molecule has 3 aliphatic rings. The first-order valence-electron chi connectivity index (χ1n) is 18.7. The zero-order chi connectivity index (χ0) is 38.8. The Hall–Kier alpha value is -4.92. The molecule has 4 N–H and O–H groups in total. The minimum absolute atomic E-state index is 0.00546. The van der Waals surface area contributed by atoms with Crippen LogP contribution >= 0.6 is 0 Å². The average Bonchev–Trinajstić information content (AvgIpc) is 4.09. The van der Waals surface area contributed by atoms with Gasteiger partial charge >= 0.3 is 6.03 Å². The number of pyridine rings is 1. The van der Waals surface area contributed by atoms with Crippen molar-refractivity contribution in [3.8, 4) is 22.8 Å². The minimum atomic E-state index is -3.86. The molecule has 0 bridgehead atoms. The van der Waals surface area contributed by atoms with E-state index in [1.807, 2.05) is 62.4 Å². The van der Waals surface area contributed by atoms with Crippen molar-refractivity contribution in [1.29, 1.82) is 0 Å². The Kier molecular flexibility index (Phi) is 11.4. The molecule has 2 aromatic carbocycles. The highest BCUT2D eigenvalue weighted by Gasteiger charge is 2.62.